The van der Waals surface area contributed by atoms with Gasteiger partial charge < -0.3 is 61.6 Å². The van der Waals surface area contributed by atoms with Crippen LogP contribution < -0.4 is 4.74 Å². The predicted octanol–water partition coefficient (Wildman–Crippen LogP) is 7.75. The van der Waals surface area contributed by atoms with Crippen molar-refractivity contribution in [3.8, 4) is 5.75 Å². The van der Waals surface area contributed by atoms with Crippen LogP contribution in [0.15, 0.2) is 30.3 Å². The minimum absolute atomic E-state index is 0.512. The highest BCUT2D eigenvalue weighted by Crippen LogP contribution is 2.13. The van der Waals surface area contributed by atoms with Crippen LogP contribution >= 0.6 is 0 Å². The van der Waals surface area contributed by atoms with Crippen LogP contribution in [0.5, 0.6) is 5.75 Å². The Bertz CT molecular complexity index is 886. The second-order valence-electron chi connectivity index (χ2n) is 14.1. The maximum atomic E-state index is 5.69. The smallest absolute Gasteiger partial charge is 0.119 e. The molecule has 0 aliphatic carbocycles. The molecule has 0 atom stereocenters. The van der Waals surface area contributed by atoms with Crippen LogP contribution in [0, 0.1) is 0 Å². The Morgan fingerprint density at radius 3 is 0.729 bits per heavy atom. The molecule has 0 aliphatic heterocycles. The molecule has 0 N–H and O–H groups in total. The van der Waals surface area contributed by atoms with Gasteiger partial charge in [-0.2, -0.15) is 0 Å². The molecular formula is C46H86O13. The van der Waals surface area contributed by atoms with Gasteiger partial charge in [-0.1, -0.05) is 109 Å². The Labute approximate surface area is 359 Å². The third-order valence-electron chi connectivity index (χ3n) is 8.97. The van der Waals surface area contributed by atoms with Gasteiger partial charge in [-0.3, -0.25) is 0 Å². The van der Waals surface area contributed by atoms with Gasteiger partial charge in [0.1, 0.15) is 12.4 Å². The van der Waals surface area contributed by atoms with Gasteiger partial charge >= 0.3 is 0 Å². The number of hydrogen-bond acceptors (Lipinski definition) is 13. The standard InChI is InChI=1S/C46H86O13/c1-2-3-4-5-6-7-8-9-10-11-12-13-14-18-21-47-22-23-48-24-25-49-26-27-50-28-29-51-30-31-52-32-33-53-34-35-54-36-37-55-38-39-56-40-41-57-42-43-58-44-45-59-46-19-16-15-17-20-46/h15-17,19-20H,2-14,18,21-45H2,1H3. The number of hydrogen-bond donors (Lipinski definition) is 0. The number of para-hydroxylation sites is 1. The van der Waals surface area contributed by atoms with Crippen LogP contribution in [0.2, 0.25) is 0 Å². The fraction of sp³-hybridized carbons (Fsp3) is 0.870. The van der Waals surface area contributed by atoms with Crippen LogP contribution in [0.3, 0.4) is 0 Å². The predicted molar refractivity (Wildman–Crippen MR) is 232 cm³/mol. The number of benzene rings is 1. The topological polar surface area (TPSA) is 120 Å². The molecule has 0 saturated carbocycles. The Hall–Kier alpha value is -1.46. The first-order chi connectivity index (χ1) is 29.4. The highest BCUT2D eigenvalue weighted by Gasteiger charge is 1.99. The summed E-state index contributed by atoms with van der Waals surface area (Å²) in [5, 5.41) is 0. The number of ether oxygens (including phenoxy) is 13. The van der Waals surface area contributed by atoms with E-state index in [4.69, 9.17) is 61.6 Å². The summed E-state index contributed by atoms with van der Waals surface area (Å²) in [6.45, 7) is 15.9. The molecule has 0 unspecified atom stereocenters. The second kappa shape index (κ2) is 50.9. The Kier molecular flexibility index (Phi) is 47.9. The van der Waals surface area contributed by atoms with Gasteiger partial charge in [-0.25, -0.2) is 0 Å². The van der Waals surface area contributed by atoms with E-state index in [-0.39, 0.29) is 0 Å². The van der Waals surface area contributed by atoms with Crippen LogP contribution in [-0.4, -0.2) is 165 Å². The molecule has 1 aromatic rings. The van der Waals surface area contributed by atoms with E-state index in [9.17, 15) is 0 Å². The molecule has 0 fully saturated rings. The number of rotatable bonds is 52. The minimum Gasteiger partial charge on any atom is -0.491 e. The largest absolute Gasteiger partial charge is 0.491 e. The summed E-state index contributed by atoms with van der Waals surface area (Å²) >= 11 is 0. The molecule has 1 aromatic carbocycles. The molecule has 0 heterocycles. The normalized spacial score (nSPS) is 11.5. The number of unbranched alkanes of at least 4 members (excludes halogenated alkanes) is 13. The maximum absolute atomic E-state index is 5.69. The average Bonchev–Trinajstić information content (AvgIpc) is 3.26. The van der Waals surface area contributed by atoms with Crippen molar-refractivity contribution in [1.29, 1.82) is 0 Å². The van der Waals surface area contributed by atoms with Gasteiger partial charge in [0.25, 0.3) is 0 Å². The van der Waals surface area contributed by atoms with E-state index in [2.05, 4.69) is 6.92 Å². The lowest BCUT2D eigenvalue weighted by Gasteiger charge is -2.09. The molecule has 0 aromatic heterocycles. The van der Waals surface area contributed by atoms with E-state index < -0.39 is 0 Å². The Balaban J connectivity index is 1.59. The van der Waals surface area contributed by atoms with Crippen molar-refractivity contribution in [3.05, 3.63) is 30.3 Å². The Morgan fingerprint density at radius 2 is 0.458 bits per heavy atom. The maximum Gasteiger partial charge on any atom is 0.119 e. The molecule has 0 radical (unpaired) electrons. The van der Waals surface area contributed by atoms with Gasteiger partial charge in [0.15, 0.2) is 0 Å². The molecule has 59 heavy (non-hydrogen) atoms. The lowest BCUT2D eigenvalue weighted by atomic mass is 10.0. The highest BCUT2D eigenvalue weighted by atomic mass is 16.6. The van der Waals surface area contributed by atoms with E-state index in [0.717, 1.165) is 18.8 Å². The fourth-order valence-corrected chi connectivity index (χ4v) is 5.65. The summed E-state index contributed by atoms with van der Waals surface area (Å²) in [5.41, 5.74) is 0. The monoisotopic (exact) mass is 847 g/mol. The van der Waals surface area contributed by atoms with Crippen LogP contribution in [0.4, 0.5) is 0 Å². The van der Waals surface area contributed by atoms with Gasteiger partial charge in [-0.05, 0) is 18.6 Å². The first-order valence-corrected chi connectivity index (χ1v) is 23.0. The molecule has 0 saturated heterocycles. The van der Waals surface area contributed by atoms with Crippen molar-refractivity contribution in [3.63, 3.8) is 0 Å². The molecule has 1 rings (SSSR count). The molecular weight excluding hydrogens is 760 g/mol. The van der Waals surface area contributed by atoms with E-state index in [0.29, 0.717) is 159 Å². The average molecular weight is 847 g/mol. The molecule has 0 aliphatic rings. The molecule has 13 nitrogen and oxygen atoms in total. The summed E-state index contributed by atoms with van der Waals surface area (Å²) in [4.78, 5) is 0. The van der Waals surface area contributed by atoms with E-state index >= 15 is 0 Å². The fourth-order valence-electron chi connectivity index (χ4n) is 5.65. The summed E-state index contributed by atoms with van der Waals surface area (Å²) in [5.74, 6) is 0.845. The van der Waals surface area contributed by atoms with Gasteiger partial charge in [0.05, 0.1) is 152 Å². The summed E-state index contributed by atoms with van der Waals surface area (Å²) < 4.78 is 72.0. The SMILES string of the molecule is CCCCCCCCCCCCCCCCOCCOCCOCCOCCOCCOCCOCCOCCOCCOCCOCCOCCOc1ccccc1. The van der Waals surface area contributed by atoms with Crippen molar-refractivity contribution >= 4 is 0 Å². The first kappa shape index (κ1) is 55.6. The van der Waals surface area contributed by atoms with Gasteiger partial charge in [-0.15, -0.1) is 0 Å². The van der Waals surface area contributed by atoms with Crippen molar-refractivity contribution in [2.75, 3.05) is 165 Å². The summed E-state index contributed by atoms with van der Waals surface area (Å²) in [6.07, 6.45) is 19.2. The lowest BCUT2D eigenvalue weighted by Crippen LogP contribution is -2.15. The van der Waals surface area contributed by atoms with Crippen LogP contribution in [-0.2, 0) is 56.8 Å². The van der Waals surface area contributed by atoms with Crippen molar-refractivity contribution in [1.82, 2.24) is 0 Å². The second-order valence-corrected chi connectivity index (χ2v) is 14.1. The first-order valence-electron chi connectivity index (χ1n) is 23.0. The third kappa shape index (κ3) is 47.4. The zero-order valence-electron chi connectivity index (χ0n) is 37.3. The summed E-state index contributed by atoms with van der Waals surface area (Å²) in [6, 6.07) is 9.69. The van der Waals surface area contributed by atoms with Crippen molar-refractivity contribution in [2.24, 2.45) is 0 Å². The molecule has 0 spiro atoms. The Morgan fingerprint density at radius 1 is 0.237 bits per heavy atom. The summed E-state index contributed by atoms with van der Waals surface area (Å²) in [7, 11) is 0. The molecule has 0 bridgehead atoms. The zero-order chi connectivity index (χ0) is 41.9. The van der Waals surface area contributed by atoms with Crippen molar-refractivity contribution < 1.29 is 61.6 Å². The third-order valence-corrected chi connectivity index (χ3v) is 8.97. The minimum atomic E-state index is 0.512. The van der Waals surface area contributed by atoms with E-state index in [1.54, 1.807) is 0 Å². The van der Waals surface area contributed by atoms with Crippen LogP contribution in [0.1, 0.15) is 96.8 Å². The van der Waals surface area contributed by atoms with E-state index in [1.165, 1.54) is 83.5 Å². The van der Waals surface area contributed by atoms with Gasteiger partial charge in [0.2, 0.25) is 0 Å². The van der Waals surface area contributed by atoms with Crippen molar-refractivity contribution in [2.45, 2.75) is 96.8 Å². The molecule has 0 amide bonds. The van der Waals surface area contributed by atoms with Gasteiger partial charge in [0, 0.05) is 6.61 Å². The molecule has 348 valence electrons. The molecule has 13 heteroatoms. The highest BCUT2D eigenvalue weighted by molar-refractivity contribution is 5.20. The lowest BCUT2D eigenvalue weighted by molar-refractivity contribution is -0.0285. The van der Waals surface area contributed by atoms with Crippen LogP contribution in [0.25, 0.3) is 0 Å². The quantitative estimate of drug-likeness (QED) is 0.0596. The zero-order valence-corrected chi connectivity index (χ0v) is 37.3. The van der Waals surface area contributed by atoms with E-state index in [1.807, 2.05) is 30.3 Å².